The molecular weight excluding hydrogens is 342 g/mol. The quantitative estimate of drug-likeness (QED) is 0.640. The molecule has 1 atom stereocenters. The van der Waals surface area contributed by atoms with Gasteiger partial charge in [0.2, 0.25) is 11.8 Å². The number of nitriles is 1. The number of piperidine rings is 1. The number of anilines is 1. The van der Waals surface area contributed by atoms with E-state index >= 15 is 0 Å². The summed E-state index contributed by atoms with van der Waals surface area (Å²) in [5.41, 5.74) is 1.06. The van der Waals surface area contributed by atoms with Crippen molar-refractivity contribution in [2.75, 3.05) is 11.4 Å². The van der Waals surface area contributed by atoms with Crippen LogP contribution in [0, 0.1) is 17.2 Å². The zero-order valence-corrected chi connectivity index (χ0v) is 15.4. The molecule has 0 spiro atoms. The van der Waals surface area contributed by atoms with Gasteiger partial charge in [-0.1, -0.05) is 19.3 Å². The van der Waals surface area contributed by atoms with E-state index in [1.807, 2.05) is 6.07 Å². The van der Waals surface area contributed by atoms with Crippen LogP contribution in [0.25, 0.3) is 0 Å². The molecule has 1 aromatic carbocycles. The predicted molar refractivity (Wildman–Crippen MR) is 101 cm³/mol. The van der Waals surface area contributed by atoms with Crippen molar-refractivity contribution >= 4 is 23.3 Å². The molecule has 0 radical (unpaired) electrons. The summed E-state index contributed by atoms with van der Waals surface area (Å²) in [6.07, 6.45) is 7.50. The summed E-state index contributed by atoms with van der Waals surface area (Å²) >= 11 is 0. The van der Waals surface area contributed by atoms with E-state index in [-0.39, 0.29) is 11.9 Å². The molecular formula is C21H25N3O3. The zero-order chi connectivity index (χ0) is 19.2. The molecule has 6 nitrogen and oxygen atoms in total. The summed E-state index contributed by atoms with van der Waals surface area (Å²) < 4.78 is 0. The largest absolute Gasteiger partial charge is 0.352 e. The van der Waals surface area contributed by atoms with Crippen LogP contribution in [0.1, 0.15) is 61.7 Å². The number of nitrogens with one attached hydrogen (secondary N) is 1. The normalized spacial score (nSPS) is 19.2. The Morgan fingerprint density at radius 1 is 1.07 bits per heavy atom. The van der Waals surface area contributed by atoms with Crippen LogP contribution in [0.15, 0.2) is 24.3 Å². The summed E-state index contributed by atoms with van der Waals surface area (Å²) in [4.78, 5) is 38.8. The molecule has 0 unspecified atom stereocenters. The van der Waals surface area contributed by atoms with Gasteiger partial charge in [0.25, 0.3) is 0 Å². The molecule has 142 valence electrons. The van der Waals surface area contributed by atoms with Gasteiger partial charge in [0.15, 0.2) is 11.7 Å². The Bertz CT molecular complexity index is 745. The minimum absolute atomic E-state index is 0.0578. The molecule has 27 heavy (non-hydrogen) atoms. The van der Waals surface area contributed by atoms with Gasteiger partial charge in [0.1, 0.15) is 0 Å². The Kier molecular flexibility index (Phi) is 6.23. The minimum atomic E-state index is -1.34. The highest BCUT2D eigenvalue weighted by atomic mass is 16.2. The first kappa shape index (κ1) is 19.1. The molecule has 1 aliphatic heterocycles. The van der Waals surface area contributed by atoms with Gasteiger partial charge in [-0.05, 0) is 49.9 Å². The van der Waals surface area contributed by atoms with Crippen LogP contribution in [0.3, 0.4) is 0 Å². The van der Waals surface area contributed by atoms with Crippen molar-refractivity contribution in [3.8, 4) is 6.07 Å². The van der Waals surface area contributed by atoms with Gasteiger partial charge in [-0.15, -0.1) is 0 Å². The van der Waals surface area contributed by atoms with Crippen LogP contribution in [-0.4, -0.2) is 30.2 Å². The Morgan fingerprint density at radius 3 is 2.41 bits per heavy atom. The summed E-state index contributed by atoms with van der Waals surface area (Å²) in [7, 11) is 0. The van der Waals surface area contributed by atoms with Crippen molar-refractivity contribution in [3.05, 3.63) is 29.8 Å². The van der Waals surface area contributed by atoms with Crippen molar-refractivity contribution in [1.29, 1.82) is 5.26 Å². The molecule has 0 aromatic heterocycles. The molecule has 2 fully saturated rings. The number of nitrogens with zero attached hydrogens (tertiary/aromatic N) is 2. The number of hydrogen-bond donors (Lipinski definition) is 1. The molecule has 2 aliphatic rings. The van der Waals surface area contributed by atoms with Crippen molar-refractivity contribution < 1.29 is 14.4 Å². The fourth-order valence-electron chi connectivity index (χ4n) is 3.82. The number of carbonyl (C=O) groups excluding carboxylic acids is 3. The van der Waals surface area contributed by atoms with Crippen LogP contribution in [0.5, 0.6) is 0 Å². The second-order valence-electron chi connectivity index (χ2n) is 7.32. The highest BCUT2D eigenvalue weighted by molar-refractivity contribution is 6.12. The van der Waals surface area contributed by atoms with Gasteiger partial charge in [0, 0.05) is 30.3 Å². The highest BCUT2D eigenvalue weighted by Gasteiger charge is 2.30. The number of Topliss-reactive ketones (excluding diaryl/α,β-unsaturated/α-hetero) is 1. The third-order valence-electron chi connectivity index (χ3n) is 5.39. The molecule has 1 aliphatic carbocycles. The highest BCUT2D eigenvalue weighted by Crippen LogP contribution is 2.23. The van der Waals surface area contributed by atoms with Gasteiger partial charge in [-0.25, -0.2) is 0 Å². The van der Waals surface area contributed by atoms with Gasteiger partial charge in [-0.3, -0.25) is 14.4 Å². The minimum Gasteiger partial charge on any atom is -0.352 e. The second kappa shape index (κ2) is 8.81. The lowest BCUT2D eigenvalue weighted by Crippen LogP contribution is -2.42. The maximum Gasteiger partial charge on any atom is 0.245 e. The first-order valence-electron chi connectivity index (χ1n) is 9.75. The predicted octanol–water partition coefficient (Wildman–Crippen LogP) is 2.97. The summed E-state index contributed by atoms with van der Waals surface area (Å²) in [5, 5.41) is 12.2. The van der Waals surface area contributed by atoms with E-state index in [0.29, 0.717) is 18.5 Å². The second-order valence-corrected chi connectivity index (χ2v) is 7.32. The molecule has 6 heteroatoms. The van der Waals surface area contributed by atoms with E-state index in [2.05, 4.69) is 5.32 Å². The van der Waals surface area contributed by atoms with Crippen molar-refractivity contribution in [1.82, 2.24) is 5.32 Å². The SMILES string of the molecule is N#C[C@H](C(=O)NC1CCCCC1)C(=O)c1ccc(N2CCCCC2=O)cc1. The van der Waals surface area contributed by atoms with Crippen molar-refractivity contribution in [2.45, 2.75) is 57.4 Å². The number of hydrogen-bond acceptors (Lipinski definition) is 4. The van der Waals surface area contributed by atoms with Crippen LogP contribution in [0.4, 0.5) is 5.69 Å². The summed E-state index contributed by atoms with van der Waals surface area (Å²) in [6.45, 7) is 0.677. The molecule has 3 rings (SSSR count). The monoisotopic (exact) mass is 367 g/mol. The maximum absolute atomic E-state index is 12.6. The third kappa shape index (κ3) is 4.54. The smallest absolute Gasteiger partial charge is 0.245 e. The first-order chi connectivity index (χ1) is 13.1. The van der Waals surface area contributed by atoms with Crippen LogP contribution in [-0.2, 0) is 9.59 Å². The standard InChI is InChI=1S/C21H25N3O3/c22-14-18(21(27)23-16-6-2-1-3-7-16)20(26)15-9-11-17(12-10-15)24-13-5-4-8-19(24)25/h9-12,16,18H,1-8,13H2,(H,23,27)/t18-/m0/s1. The zero-order valence-electron chi connectivity index (χ0n) is 15.4. The first-order valence-corrected chi connectivity index (χ1v) is 9.75. The van der Waals surface area contributed by atoms with E-state index in [0.717, 1.165) is 44.2 Å². The van der Waals surface area contributed by atoms with Crippen LogP contribution in [0.2, 0.25) is 0 Å². The molecule has 1 heterocycles. The molecule has 2 amide bonds. The average molecular weight is 367 g/mol. The maximum atomic E-state index is 12.6. The summed E-state index contributed by atoms with van der Waals surface area (Å²) in [5.74, 6) is -2.26. The Balaban J connectivity index is 1.66. The fourth-order valence-corrected chi connectivity index (χ4v) is 3.82. The fraction of sp³-hybridized carbons (Fsp3) is 0.524. The molecule has 0 bridgehead atoms. The average Bonchev–Trinajstić information content (AvgIpc) is 2.70. The Labute approximate surface area is 159 Å². The lowest BCUT2D eigenvalue weighted by molar-refractivity contribution is -0.123. The molecule has 1 saturated carbocycles. The van der Waals surface area contributed by atoms with Crippen LogP contribution < -0.4 is 10.2 Å². The molecule has 1 aromatic rings. The lowest BCUT2D eigenvalue weighted by Gasteiger charge is -2.27. The number of benzene rings is 1. The topological polar surface area (TPSA) is 90.3 Å². The van der Waals surface area contributed by atoms with Crippen LogP contribution >= 0.6 is 0 Å². The van der Waals surface area contributed by atoms with E-state index in [1.54, 1.807) is 29.2 Å². The third-order valence-corrected chi connectivity index (χ3v) is 5.39. The number of carbonyl (C=O) groups is 3. The van der Waals surface area contributed by atoms with E-state index < -0.39 is 17.6 Å². The van der Waals surface area contributed by atoms with Crippen molar-refractivity contribution in [3.63, 3.8) is 0 Å². The van der Waals surface area contributed by atoms with Gasteiger partial charge < -0.3 is 10.2 Å². The summed E-state index contributed by atoms with van der Waals surface area (Å²) in [6, 6.07) is 8.52. The van der Waals surface area contributed by atoms with E-state index in [9.17, 15) is 19.6 Å². The lowest BCUT2D eigenvalue weighted by atomic mass is 9.93. The van der Waals surface area contributed by atoms with E-state index in [4.69, 9.17) is 0 Å². The van der Waals surface area contributed by atoms with Crippen molar-refractivity contribution in [2.24, 2.45) is 5.92 Å². The molecule has 1 N–H and O–H groups in total. The van der Waals surface area contributed by atoms with Gasteiger partial charge in [0.05, 0.1) is 6.07 Å². The van der Waals surface area contributed by atoms with Gasteiger partial charge in [-0.2, -0.15) is 5.26 Å². The van der Waals surface area contributed by atoms with E-state index in [1.165, 1.54) is 6.42 Å². The number of rotatable bonds is 5. The van der Waals surface area contributed by atoms with Gasteiger partial charge >= 0.3 is 0 Å². The molecule has 1 saturated heterocycles. The number of amides is 2. The Morgan fingerprint density at radius 2 is 1.78 bits per heavy atom. The number of ketones is 1. The Hall–Kier alpha value is -2.68.